The molecule has 3 heterocycles. The molecule has 138 valence electrons. The molecule has 0 aromatic carbocycles. The standard InChI is InChI=1S/C18H24O7/c1-7(2)8-9-14(20)23-10(8)11(19)16(4)17(6-5-15(3,21)25-17)12-13(24-12)18(9,16)22/h8-13,19,21-22H,1,5-6H2,2-4H3/t8-,9+,10+,11+,12+,13-,15-,16-,17-,18-/m0/s1. The average Bonchev–Trinajstić information content (AvgIpc) is 3.12. The van der Waals surface area contributed by atoms with Crippen LogP contribution in [0.5, 0.6) is 0 Å². The van der Waals surface area contributed by atoms with Gasteiger partial charge in [0.1, 0.15) is 35.6 Å². The van der Waals surface area contributed by atoms with E-state index in [9.17, 15) is 20.1 Å². The molecule has 1 spiro atoms. The topological polar surface area (TPSA) is 109 Å². The number of aliphatic hydroxyl groups is 3. The lowest BCUT2D eigenvalue weighted by Gasteiger charge is -2.57. The van der Waals surface area contributed by atoms with E-state index in [0.29, 0.717) is 18.4 Å². The largest absolute Gasteiger partial charge is 0.459 e. The van der Waals surface area contributed by atoms with Crippen LogP contribution in [0, 0.1) is 17.3 Å². The first kappa shape index (κ1) is 16.2. The summed E-state index contributed by atoms with van der Waals surface area (Å²) in [7, 11) is 0. The van der Waals surface area contributed by atoms with Crippen LogP contribution in [0.15, 0.2) is 12.2 Å². The van der Waals surface area contributed by atoms with Gasteiger partial charge in [-0.1, -0.05) is 19.1 Å². The van der Waals surface area contributed by atoms with Gasteiger partial charge in [0.05, 0.1) is 11.3 Å². The SMILES string of the molecule is C=C(C)[C@@H]1[C@H]2OC(=O)[C@@H]1[C@]1(O)[C@H]3O[C@H]3[C@@]3(CC[C@@](C)(O)O3)[C@]1(C)[C@@H]2O. The van der Waals surface area contributed by atoms with Crippen molar-refractivity contribution in [3.8, 4) is 0 Å². The number of fused-ring (bicyclic) bond motifs is 8. The summed E-state index contributed by atoms with van der Waals surface area (Å²) in [6.45, 7) is 9.03. The van der Waals surface area contributed by atoms with Gasteiger partial charge in [0, 0.05) is 12.3 Å². The highest BCUT2D eigenvalue weighted by molar-refractivity contribution is 5.80. The van der Waals surface area contributed by atoms with Crippen LogP contribution in [-0.2, 0) is 19.0 Å². The first-order valence-corrected chi connectivity index (χ1v) is 8.86. The molecule has 3 saturated heterocycles. The van der Waals surface area contributed by atoms with Crippen LogP contribution >= 0.6 is 0 Å². The second-order valence-electron chi connectivity index (χ2n) is 8.87. The third-order valence-electron chi connectivity index (χ3n) is 7.62. The van der Waals surface area contributed by atoms with Gasteiger partial charge in [-0.15, -0.1) is 0 Å². The summed E-state index contributed by atoms with van der Waals surface area (Å²) in [5, 5.41) is 33.5. The summed E-state index contributed by atoms with van der Waals surface area (Å²) in [5.41, 5.74) is -3.19. The first-order valence-electron chi connectivity index (χ1n) is 8.86. The lowest BCUT2D eigenvalue weighted by Crippen LogP contribution is -2.73. The Bertz CT molecular complexity index is 704. The number of hydrogen-bond donors (Lipinski definition) is 3. The third kappa shape index (κ3) is 1.44. The molecule has 0 radical (unpaired) electrons. The van der Waals surface area contributed by atoms with Gasteiger partial charge in [-0.3, -0.25) is 4.79 Å². The van der Waals surface area contributed by atoms with Crippen LogP contribution in [0.25, 0.3) is 0 Å². The van der Waals surface area contributed by atoms with Gasteiger partial charge in [0.2, 0.25) is 0 Å². The van der Waals surface area contributed by atoms with Crippen molar-refractivity contribution in [3.05, 3.63) is 12.2 Å². The molecular weight excluding hydrogens is 328 g/mol. The maximum absolute atomic E-state index is 12.6. The molecule has 2 aliphatic carbocycles. The van der Waals surface area contributed by atoms with E-state index in [-0.39, 0.29) is 0 Å². The van der Waals surface area contributed by atoms with E-state index in [4.69, 9.17) is 14.2 Å². The Balaban J connectivity index is 1.72. The molecule has 0 unspecified atom stereocenters. The van der Waals surface area contributed by atoms with E-state index >= 15 is 0 Å². The van der Waals surface area contributed by atoms with Crippen molar-refractivity contribution in [2.75, 3.05) is 0 Å². The Morgan fingerprint density at radius 1 is 1.24 bits per heavy atom. The Morgan fingerprint density at radius 2 is 1.92 bits per heavy atom. The van der Waals surface area contributed by atoms with Gasteiger partial charge in [-0.2, -0.15) is 0 Å². The molecule has 7 nitrogen and oxygen atoms in total. The first-order chi connectivity index (χ1) is 11.5. The van der Waals surface area contributed by atoms with Crippen LogP contribution in [0.4, 0.5) is 0 Å². The summed E-state index contributed by atoms with van der Waals surface area (Å²) in [4.78, 5) is 12.6. The smallest absolute Gasteiger partial charge is 0.313 e. The number of carbonyl (C=O) groups excluding carboxylic acids is 1. The Hall–Kier alpha value is -0.990. The third-order valence-corrected chi connectivity index (χ3v) is 7.62. The minimum Gasteiger partial charge on any atom is -0.459 e. The van der Waals surface area contributed by atoms with Crippen LogP contribution in [0.3, 0.4) is 0 Å². The fourth-order valence-corrected chi connectivity index (χ4v) is 6.42. The number of hydrogen-bond acceptors (Lipinski definition) is 7. The second-order valence-corrected chi connectivity index (χ2v) is 8.87. The van der Waals surface area contributed by atoms with Crippen molar-refractivity contribution < 1.29 is 34.3 Å². The molecule has 2 saturated carbocycles. The van der Waals surface area contributed by atoms with E-state index in [1.807, 2.05) is 0 Å². The fourth-order valence-electron chi connectivity index (χ4n) is 6.42. The molecule has 7 heteroatoms. The molecule has 0 aromatic heterocycles. The molecule has 3 aliphatic heterocycles. The van der Waals surface area contributed by atoms with Gasteiger partial charge in [0.15, 0.2) is 5.79 Å². The maximum Gasteiger partial charge on any atom is 0.313 e. The Kier molecular flexibility index (Phi) is 2.67. The monoisotopic (exact) mass is 352 g/mol. The number of esters is 1. The summed E-state index contributed by atoms with van der Waals surface area (Å²) in [6, 6.07) is 0. The maximum atomic E-state index is 12.6. The zero-order valence-corrected chi connectivity index (χ0v) is 14.6. The number of ether oxygens (including phenoxy) is 3. The number of rotatable bonds is 1. The van der Waals surface area contributed by atoms with Crippen molar-refractivity contribution in [1.29, 1.82) is 0 Å². The zero-order valence-electron chi connectivity index (χ0n) is 14.6. The average molecular weight is 352 g/mol. The van der Waals surface area contributed by atoms with Crippen molar-refractivity contribution in [2.45, 2.75) is 75.0 Å². The minimum absolute atomic E-state index is 0.367. The van der Waals surface area contributed by atoms with E-state index in [2.05, 4.69) is 6.58 Å². The molecule has 25 heavy (non-hydrogen) atoms. The predicted octanol–water partition coefficient (Wildman–Crippen LogP) is -0.129. The second kappa shape index (κ2) is 4.12. The number of carbonyl (C=O) groups is 1. The molecule has 0 amide bonds. The van der Waals surface area contributed by atoms with E-state index in [0.717, 1.165) is 0 Å². The lowest BCUT2D eigenvalue weighted by molar-refractivity contribution is -0.313. The van der Waals surface area contributed by atoms with Crippen LogP contribution < -0.4 is 0 Å². The highest BCUT2D eigenvalue weighted by Gasteiger charge is 2.92. The minimum atomic E-state index is -1.63. The van der Waals surface area contributed by atoms with Crippen molar-refractivity contribution in [3.63, 3.8) is 0 Å². The molecule has 5 fully saturated rings. The quantitative estimate of drug-likeness (QED) is 0.343. The molecular formula is C18H24O7. The molecule has 10 atom stereocenters. The van der Waals surface area contributed by atoms with E-state index in [1.54, 1.807) is 20.8 Å². The van der Waals surface area contributed by atoms with Crippen molar-refractivity contribution in [1.82, 2.24) is 0 Å². The Morgan fingerprint density at radius 3 is 2.48 bits per heavy atom. The van der Waals surface area contributed by atoms with Gasteiger partial charge < -0.3 is 29.5 Å². The van der Waals surface area contributed by atoms with E-state index < -0.39 is 64.6 Å². The summed E-state index contributed by atoms with van der Waals surface area (Å²) < 4.78 is 17.3. The van der Waals surface area contributed by atoms with Crippen molar-refractivity contribution >= 4 is 5.97 Å². The van der Waals surface area contributed by atoms with Gasteiger partial charge in [-0.05, 0) is 20.3 Å². The van der Waals surface area contributed by atoms with Crippen molar-refractivity contribution in [2.24, 2.45) is 17.3 Å². The van der Waals surface area contributed by atoms with Crippen LogP contribution in [-0.4, -0.2) is 62.7 Å². The van der Waals surface area contributed by atoms with E-state index in [1.165, 1.54) is 0 Å². The van der Waals surface area contributed by atoms with Gasteiger partial charge >= 0.3 is 5.97 Å². The van der Waals surface area contributed by atoms with Gasteiger partial charge in [-0.25, -0.2) is 0 Å². The highest BCUT2D eigenvalue weighted by Crippen LogP contribution is 2.75. The van der Waals surface area contributed by atoms with Crippen LogP contribution in [0.2, 0.25) is 0 Å². The normalized spacial score (nSPS) is 64.2. The molecule has 0 aromatic rings. The lowest BCUT2D eigenvalue weighted by atomic mass is 9.51. The summed E-state index contributed by atoms with van der Waals surface area (Å²) >= 11 is 0. The number of aliphatic hydroxyl groups excluding tert-OH is 1. The Labute approximate surface area is 145 Å². The highest BCUT2D eigenvalue weighted by atomic mass is 16.7. The van der Waals surface area contributed by atoms with Crippen LogP contribution in [0.1, 0.15) is 33.6 Å². The predicted molar refractivity (Wildman–Crippen MR) is 83.1 cm³/mol. The van der Waals surface area contributed by atoms with Gasteiger partial charge in [0.25, 0.3) is 0 Å². The molecule has 2 bridgehead atoms. The summed E-state index contributed by atoms with van der Waals surface area (Å²) in [6.07, 6.45) is -2.20. The molecule has 5 aliphatic rings. The number of epoxide rings is 1. The zero-order chi connectivity index (χ0) is 18.2. The molecule has 5 rings (SSSR count). The summed E-state index contributed by atoms with van der Waals surface area (Å²) in [5.74, 6) is -3.21. The molecule has 3 N–H and O–H groups in total. The fraction of sp³-hybridized carbons (Fsp3) is 0.833.